The number of nitrogens with one attached hydrogen (secondary N) is 2. The Morgan fingerprint density at radius 2 is 1.86 bits per heavy atom. The monoisotopic (exact) mass is 755 g/mol. The molecule has 2 aromatic heterocycles. The van der Waals surface area contributed by atoms with Gasteiger partial charge in [0.2, 0.25) is 0 Å². The van der Waals surface area contributed by atoms with Gasteiger partial charge in [-0.15, -0.1) is 0 Å². The average Bonchev–Trinajstić information content (AvgIpc) is 3.45. The Balaban J connectivity index is 1.54. The van der Waals surface area contributed by atoms with Crippen LogP contribution in [0.5, 0.6) is 0 Å². The standard InChI is InChI=1S/C22H29I2N7O3P2/c1-22(2,3)34-21(32)27-6-4-5-8-33-9-7-26-18-10-15(11-19-17(18)14-29-30(19)35-23)16-13-28-31(36-24)20(16)12-25/h10-11,13-14,26,35-36H,4-9H2,1-3H3,(H,27,32). The molecule has 3 rings (SSSR count). The summed E-state index contributed by atoms with van der Waals surface area (Å²) in [6.07, 6.45) is 5.71. The summed E-state index contributed by atoms with van der Waals surface area (Å²) in [4.78, 5) is 11.6. The van der Waals surface area contributed by atoms with Crippen molar-refractivity contribution in [3.05, 3.63) is 30.2 Å². The van der Waals surface area contributed by atoms with Crippen molar-refractivity contribution >= 4 is 79.5 Å². The normalized spacial score (nSPS) is 12.1. The van der Waals surface area contributed by atoms with Gasteiger partial charge in [-0.2, -0.15) is 15.5 Å². The van der Waals surface area contributed by atoms with E-state index in [-0.39, 0.29) is 0 Å². The van der Waals surface area contributed by atoms with E-state index < -0.39 is 11.7 Å². The Hall–Kier alpha value is -1.26. The van der Waals surface area contributed by atoms with Gasteiger partial charge < -0.3 is 20.1 Å². The van der Waals surface area contributed by atoms with E-state index in [1.807, 2.05) is 37.5 Å². The van der Waals surface area contributed by atoms with Crippen molar-refractivity contribution in [2.45, 2.75) is 39.2 Å². The quantitative estimate of drug-likeness (QED) is 0.131. The highest BCUT2D eigenvalue weighted by molar-refractivity contribution is 14.2. The smallest absolute Gasteiger partial charge is 0.407 e. The summed E-state index contributed by atoms with van der Waals surface area (Å²) in [5.74, 6) is 0. The Morgan fingerprint density at radius 1 is 1.11 bits per heavy atom. The number of aromatic nitrogens is 4. The van der Waals surface area contributed by atoms with Gasteiger partial charge in [0.25, 0.3) is 0 Å². The first-order chi connectivity index (χ1) is 17.3. The minimum atomic E-state index is -0.490. The number of carbonyl (C=O) groups is 1. The number of benzene rings is 1. The first kappa shape index (κ1) is 29.3. The number of anilines is 1. The fraction of sp³-hybridized carbons (Fsp3) is 0.455. The third kappa shape index (κ3) is 8.12. The molecule has 2 atom stereocenters. The number of nitriles is 1. The van der Waals surface area contributed by atoms with E-state index in [2.05, 4.69) is 77.0 Å². The Kier molecular flexibility index (Phi) is 11.4. The molecule has 2 N–H and O–H groups in total. The zero-order valence-corrected chi connectivity index (χ0v) is 26.6. The molecule has 0 saturated carbocycles. The predicted octanol–water partition coefficient (Wildman–Crippen LogP) is 6.09. The van der Waals surface area contributed by atoms with Crippen LogP contribution in [0, 0.1) is 11.3 Å². The third-order valence-corrected chi connectivity index (χ3v) is 8.74. The first-order valence-corrected chi connectivity index (χ1v) is 19.4. The number of hydrogen-bond donors (Lipinski definition) is 2. The molecule has 2 heterocycles. The maximum Gasteiger partial charge on any atom is 0.407 e. The molecule has 10 nitrogen and oxygen atoms in total. The second kappa shape index (κ2) is 14.0. The van der Waals surface area contributed by atoms with Crippen LogP contribution in [-0.4, -0.2) is 57.1 Å². The van der Waals surface area contributed by atoms with Gasteiger partial charge in [-0.1, -0.05) is 0 Å². The summed E-state index contributed by atoms with van der Waals surface area (Å²) in [7, 11) is 0. The van der Waals surface area contributed by atoms with E-state index in [0.717, 1.165) is 40.6 Å². The number of rotatable bonds is 12. The van der Waals surface area contributed by atoms with Gasteiger partial charge in [-0.05, 0) is 95.4 Å². The molecule has 0 radical (unpaired) electrons. The minimum absolute atomic E-state index is 0.356. The highest BCUT2D eigenvalue weighted by Crippen LogP contribution is 2.37. The van der Waals surface area contributed by atoms with Crippen LogP contribution >= 0.6 is 56.8 Å². The summed E-state index contributed by atoms with van der Waals surface area (Å²) in [6, 6.07) is 6.41. The zero-order valence-electron chi connectivity index (χ0n) is 20.3. The van der Waals surface area contributed by atoms with E-state index >= 15 is 0 Å². The topological polar surface area (TPSA) is 119 Å². The zero-order chi connectivity index (χ0) is 26.1. The van der Waals surface area contributed by atoms with E-state index in [1.54, 1.807) is 10.6 Å². The summed E-state index contributed by atoms with van der Waals surface area (Å²) in [6.45, 7) is 7.88. The van der Waals surface area contributed by atoms with Gasteiger partial charge in [-0.25, -0.2) is 13.7 Å². The lowest BCUT2D eigenvalue weighted by molar-refractivity contribution is 0.0524. The summed E-state index contributed by atoms with van der Waals surface area (Å²) >= 11 is 4.53. The number of ether oxygens (including phenoxy) is 2. The Morgan fingerprint density at radius 3 is 2.56 bits per heavy atom. The molecule has 0 spiro atoms. The first-order valence-electron chi connectivity index (χ1n) is 11.3. The van der Waals surface area contributed by atoms with Crippen molar-refractivity contribution in [1.29, 1.82) is 5.26 Å². The van der Waals surface area contributed by atoms with Crippen LogP contribution in [0.25, 0.3) is 22.0 Å². The number of hydrogen-bond acceptors (Lipinski definition) is 7. The molecule has 14 heteroatoms. The molecule has 0 saturated heterocycles. The number of fused-ring (bicyclic) bond motifs is 1. The van der Waals surface area contributed by atoms with Crippen molar-refractivity contribution in [3.8, 4) is 17.2 Å². The van der Waals surface area contributed by atoms with Gasteiger partial charge >= 0.3 is 6.09 Å². The molecule has 0 bridgehead atoms. The molecule has 3 aromatic rings. The Bertz CT molecular complexity index is 1220. The molecule has 0 aliphatic carbocycles. The van der Waals surface area contributed by atoms with Crippen LogP contribution in [0.1, 0.15) is 39.3 Å². The molecule has 0 fully saturated rings. The van der Waals surface area contributed by atoms with Crippen molar-refractivity contribution in [1.82, 2.24) is 24.4 Å². The summed E-state index contributed by atoms with van der Waals surface area (Å²) in [5.41, 5.74) is 3.76. The summed E-state index contributed by atoms with van der Waals surface area (Å²) < 4.78 is 14.7. The number of carbonyl (C=O) groups excluding carboxylic acids is 1. The number of halogens is 2. The molecule has 36 heavy (non-hydrogen) atoms. The highest BCUT2D eigenvalue weighted by atomic mass is 127. The van der Waals surface area contributed by atoms with Gasteiger partial charge in [0.1, 0.15) is 11.7 Å². The van der Waals surface area contributed by atoms with Crippen molar-refractivity contribution in [3.63, 3.8) is 0 Å². The maximum absolute atomic E-state index is 11.6. The van der Waals surface area contributed by atoms with E-state index in [9.17, 15) is 10.1 Å². The van der Waals surface area contributed by atoms with Crippen LogP contribution in [0.3, 0.4) is 0 Å². The predicted molar refractivity (Wildman–Crippen MR) is 164 cm³/mol. The third-order valence-electron chi connectivity index (χ3n) is 4.98. The van der Waals surface area contributed by atoms with Crippen molar-refractivity contribution < 1.29 is 14.3 Å². The second-order valence-corrected chi connectivity index (χ2v) is 12.9. The van der Waals surface area contributed by atoms with Crippen LogP contribution in [0.4, 0.5) is 10.5 Å². The molecular formula is C22H29I2N7O3P2. The maximum atomic E-state index is 11.6. The fourth-order valence-electron chi connectivity index (χ4n) is 3.42. The summed E-state index contributed by atoms with van der Waals surface area (Å²) in [5, 5.41) is 25.8. The van der Waals surface area contributed by atoms with Crippen LogP contribution < -0.4 is 10.6 Å². The minimum Gasteiger partial charge on any atom is -0.444 e. The van der Waals surface area contributed by atoms with E-state index in [4.69, 9.17) is 9.47 Å². The molecule has 194 valence electrons. The largest absolute Gasteiger partial charge is 0.444 e. The molecular weight excluding hydrogens is 726 g/mol. The van der Waals surface area contributed by atoms with Crippen LogP contribution in [0.2, 0.25) is 0 Å². The lowest BCUT2D eigenvalue weighted by Crippen LogP contribution is -2.33. The van der Waals surface area contributed by atoms with E-state index in [0.29, 0.717) is 44.7 Å². The van der Waals surface area contributed by atoms with Gasteiger partial charge in [0.15, 0.2) is 5.69 Å². The lowest BCUT2D eigenvalue weighted by Gasteiger charge is -2.19. The average molecular weight is 755 g/mol. The van der Waals surface area contributed by atoms with Crippen LogP contribution in [-0.2, 0) is 9.47 Å². The van der Waals surface area contributed by atoms with Crippen molar-refractivity contribution in [2.24, 2.45) is 0 Å². The number of amides is 1. The fourth-order valence-corrected chi connectivity index (χ4v) is 6.41. The SMILES string of the molecule is CC(C)(C)OC(=O)NCCCCOCCNc1cc(-c2cnn(PI)c2C#N)cc2c1cnn2PI. The number of nitrogens with zero attached hydrogens (tertiary/aromatic N) is 5. The molecule has 1 aromatic carbocycles. The highest BCUT2D eigenvalue weighted by Gasteiger charge is 2.17. The molecule has 1 amide bonds. The lowest BCUT2D eigenvalue weighted by atomic mass is 10.0. The van der Waals surface area contributed by atoms with Crippen LogP contribution in [0.15, 0.2) is 24.5 Å². The number of alkyl carbamates (subject to hydrolysis) is 1. The molecule has 0 aliphatic rings. The van der Waals surface area contributed by atoms with E-state index in [1.165, 1.54) is 0 Å². The van der Waals surface area contributed by atoms with Gasteiger partial charge in [-0.3, -0.25) is 0 Å². The molecule has 0 aliphatic heterocycles. The van der Waals surface area contributed by atoms with Crippen molar-refractivity contribution in [2.75, 3.05) is 31.6 Å². The second-order valence-electron chi connectivity index (χ2n) is 8.79. The van der Waals surface area contributed by atoms with Gasteiger partial charge in [0.05, 0.1) is 37.3 Å². The number of unbranched alkanes of at least 4 members (excludes halogenated alkanes) is 1. The Labute approximate surface area is 240 Å². The van der Waals surface area contributed by atoms with Gasteiger partial charge in [0, 0.05) is 36.3 Å². The molecule has 2 unspecified atom stereocenters.